The van der Waals surface area contributed by atoms with E-state index in [0.29, 0.717) is 0 Å². The number of rotatable bonds is 1. The van der Waals surface area contributed by atoms with E-state index < -0.39 is 8.07 Å². The van der Waals surface area contributed by atoms with Crippen molar-refractivity contribution >= 4 is 47.1 Å². The Bertz CT molecular complexity index is 299. The summed E-state index contributed by atoms with van der Waals surface area (Å²) in [5, 5.41) is 1.54. The first-order valence-corrected chi connectivity index (χ1v) is 8.86. The van der Waals surface area contributed by atoms with Gasteiger partial charge in [-0.25, -0.2) is 0 Å². The van der Waals surface area contributed by atoms with Gasteiger partial charge in [-0.3, -0.25) is 0 Å². The molecule has 1 heterocycles. The second-order valence-corrected chi connectivity index (χ2v) is 11.2. The van der Waals surface area contributed by atoms with E-state index >= 15 is 0 Å². The summed E-state index contributed by atoms with van der Waals surface area (Å²) in [6.07, 6.45) is 0. The number of thiophene rings is 1. The summed E-state index contributed by atoms with van der Waals surface area (Å²) in [6, 6.07) is 0. The molecule has 0 saturated carbocycles. The molecule has 0 amide bonds. The van der Waals surface area contributed by atoms with Gasteiger partial charge in [0.2, 0.25) is 0 Å². The standard InChI is InChI=1S/C8H12Cl2SSi/c1-5-6(9)7(10)8(11-5)12(2,3)4/h1-4H3. The Balaban J connectivity index is 3.28. The van der Waals surface area contributed by atoms with Gasteiger partial charge in [0, 0.05) is 9.38 Å². The Morgan fingerprint density at radius 1 is 1.08 bits per heavy atom. The molecule has 0 aliphatic rings. The molecule has 0 radical (unpaired) electrons. The first-order valence-electron chi connectivity index (χ1n) is 3.79. The molecule has 1 aromatic rings. The molecule has 0 nitrogen and oxygen atoms in total. The lowest BCUT2D eigenvalue weighted by atomic mass is 10.5. The largest absolute Gasteiger partial charge is 0.147 e. The minimum absolute atomic E-state index is 0.749. The fourth-order valence-electron chi connectivity index (χ4n) is 0.979. The van der Waals surface area contributed by atoms with Crippen molar-refractivity contribution < 1.29 is 0 Å². The summed E-state index contributed by atoms with van der Waals surface area (Å²) in [5.41, 5.74) is 0. The van der Waals surface area contributed by atoms with E-state index in [1.165, 1.54) is 4.50 Å². The van der Waals surface area contributed by atoms with Crippen LogP contribution < -0.4 is 4.50 Å². The van der Waals surface area contributed by atoms with E-state index in [1.54, 1.807) is 11.3 Å². The molecule has 0 aliphatic heterocycles. The lowest BCUT2D eigenvalue weighted by Crippen LogP contribution is -2.35. The molecule has 0 saturated heterocycles. The Morgan fingerprint density at radius 2 is 1.58 bits per heavy atom. The molecule has 0 atom stereocenters. The van der Waals surface area contributed by atoms with Gasteiger partial charge in [-0.2, -0.15) is 0 Å². The van der Waals surface area contributed by atoms with Crippen molar-refractivity contribution in [3.05, 3.63) is 14.9 Å². The summed E-state index contributed by atoms with van der Waals surface area (Å²) < 4.78 is 1.31. The smallest absolute Gasteiger partial charge is 0.0924 e. The summed E-state index contributed by atoms with van der Waals surface area (Å²) in [4.78, 5) is 1.14. The van der Waals surface area contributed by atoms with E-state index in [0.717, 1.165) is 14.9 Å². The number of hydrogen-bond acceptors (Lipinski definition) is 1. The van der Waals surface area contributed by atoms with Gasteiger partial charge >= 0.3 is 0 Å². The third kappa shape index (κ3) is 1.87. The monoisotopic (exact) mass is 238 g/mol. The minimum Gasteiger partial charge on any atom is -0.147 e. The molecule has 0 fully saturated rings. The van der Waals surface area contributed by atoms with Gasteiger partial charge in [0.15, 0.2) is 0 Å². The maximum absolute atomic E-state index is 6.11. The van der Waals surface area contributed by atoms with Crippen LogP contribution in [0.2, 0.25) is 29.7 Å². The van der Waals surface area contributed by atoms with Crippen molar-refractivity contribution in [2.24, 2.45) is 0 Å². The van der Waals surface area contributed by atoms with E-state index in [9.17, 15) is 0 Å². The molecule has 1 rings (SSSR count). The van der Waals surface area contributed by atoms with Crippen LogP contribution in [0.1, 0.15) is 4.88 Å². The summed E-state index contributed by atoms with van der Waals surface area (Å²) in [6.45, 7) is 8.85. The van der Waals surface area contributed by atoms with Gasteiger partial charge < -0.3 is 0 Å². The molecule has 0 N–H and O–H groups in total. The molecule has 0 aliphatic carbocycles. The summed E-state index contributed by atoms with van der Waals surface area (Å²) in [5.74, 6) is 0. The predicted molar refractivity (Wildman–Crippen MR) is 62.1 cm³/mol. The van der Waals surface area contributed by atoms with Crippen LogP contribution in [0.15, 0.2) is 0 Å². The van der Waals surface area contributed by atoms with Gasteiger partial charge in [0.25, 0.3) is 0 Å². The molecule has 1 aromatic heterocycles. The Morgan fingerprint density at radius 3 is 1.75 bits per heavy atom. The SMILES string of the molecule is Cc1sc([Si](C)(C)C)c(Cl)c1Cl. The molecular weight excluding hydrogens is 227 g/mol. The average Bonchev–Trinajstić information content (AvgIpc) is 2.15. The van der Waals surface area contributed by atoms with Crippen LogP contribution in [0.25, 0.3) is 0 Å². The molecule has 0 aromatic carbocycles. The summed E-state index contributed by atoms with van der Waals surface area (Å²) in [7, 11) is -1.29. The first kappa shape index (κ1) is 10.6. The third-order valence-electron chi connectivity index (χ3n) is 1.64. The highest BCUT2D eigenvalue weighted by Gasteiger charge is 2.24. The number of hydrogen-bond donors (Lipinski definition) is 0. The minimum atomic E-state index is -1.29. The number of aryl methyl sites for hydroxylation is 1. The van der Waals surface area contributed by atoms with E-state index in [4.69, 9.17) is 23.2 Å². The lowest BCUT2D eigenvalue weighted by Gasteiger charge is -2.13. The molecule has 0 unspecified atom stereocenters. The third-order valence-corrected chi connectivity index (χ3v) is 7.64. The Labute approximate surface area is 88.5 Å². The van der Waals surface area contributed by atoms with Crippen molar-refractivity contribution in [1.29, 1.82) is 0 Å². The van der Waals surface area contributed by atoms with E-state index in [1.807, 2.05) is 6.92 Å². The Kier molecular flexibility index (Phi) is 2.94. The fraction of sp³-hybridized carbons (Fsp3) is 0.500. The van der Waals surface area contributed by atoms with Crippen molar-refractivity contribution in [2.45, 2.75) is 26.6 Å². The quantitative estimate of drug-likeness (QED) is 0.652. The highest BCUT2D eigenvalue weighted by molar-refractivity contribution is 7.27. The highest BCUT2D eigenvalue weighted by Crippen LogP contribution is 2.31. The van der Waals surface area contributed by atoms with Crippen LogP contribution in [-0.4, -0.2) is 8.07 Å². The topological polar surface area (TPSA) is 0 Å². The van der Waals surface area contributed by atoms with Crippen molar-refractivity contribution in [3.63, 3.8) is 0 Å². The highest BCUT2D eigenvalue weighted by atomic mass is 35.5. The maximum Gasteiger partial charge on any atom is 0.0924 e. The van der Waals surface area contributed by atoms with Crippen LogP contribution in [0.5, 0.6) is 0 Å². The first-order chi connectivity index (χ1) is 5.34. The number of halogens is 2. The van der Waals surface area contributed by atoms with Crippen LogP contribution in [0, 0.1) is 6.92 Å². The predicted octanol–water partition coefficient (Wildman–Crippen LogP) is 3.91. The zero-order chi connectivity index (χ0) is 9.52. The molecule has 12 heavy (non-hydrogen) atoms. The van der Waals surface area contributed by atoms with E-state index in [-0.39, 0.29) is 0 Å². The van der Waals surface area contributed by atoms with Gasteiger partial charge in [0.1, 0.15) is 0 Å². The van der Waals surface area contributed by atoms with E-state index in [2.05, 4.69) is 19.6 Å². The van der Waals surface area contributed by atoms with Crippen LogP contribution >= 0.6 is 34.5 Å². The average molecular weight is 239 g/mol. The molecule has 0 bridgehead atoms. The van der Waals surface area contributed by atoms with Crippen LogP contribution in [-0.2, 0) is 0 Å². The summed E-state index contributed by atoms with van der Waals surface area (Å²) >= 11 is 13.9. The molecule has 68 valence electrons. The Hall–Kier alpha value is 0.497. The molecule has 0 spiro atoms. The lowest BCUT2D eigenvalue weighted by molar-refractivity contribution is 1.64. The molecular formula is C8H12Cl2SSi. The van der Waals surface area contributed by atoms with Crippen LogP contribution in [0.3, 0.4) is 0 Å². The fourth-order valence-corrected chi connectivity index (χ4v) is 5.65. The van der Waals surface area contributed by atoms with Gasteiger partial charge in [-0.1, -0.05) is 42.8 Å². The zero-order valence-electron chi connectivity index (χ0n) is 7.66. The normalized spacial score (nSPS) is 12.2. The second kappa shape index (κ2) is 3.33. The van der Waals surface area contributed by atoms with Gasteiger partial charge in [-0.15, -0.1) is 11.3 Å². The van der Waals surface area contributed by atoms with Crippen molar-refractivity contribution in [3.8, 4) is 0 Å². The molecule has 4 heteroatoms. The second-order valence-electron chi connectivity index (χ2n) is 3.87. The van der Waals surface area contributed by atoms with Gasteiger partial charge in [-0.05, 0) is 6.92 Å². The van der Waals surface area contributed by atoms with Crippen molar-refractivity contribution in [2.75, 3.05) is 0 Å². The van der Waals surface area contributed by atoms with Crippen LogP contribution in [0.4, 0.5) is 0 Å². The maximum atomic E-state index is 6.11. The van der Waals surface area contributed by atoms with Crippen molar-refractivity contribution in [1.82, 2.24) is 0 Å². The van der Waals surface area contributed by atoms with Gasteiger partial charge in [0.05, 0.1) is 18.1 Å². The zero-order valence-corrected chi connectivity index (χ0v) is 11.0.